The maximum Gasteiger partial charge on any atom is 0.229 e. The topological polar surface area (TPSA) is 93.2 Å². The molecule has 2 aromatic carbocycles. The first-order valence-corrected chi connectivity index (χ1v) is 10.8. The monoisotopic (exact) mass is 396 g/mol. The van der Waals surface area contributed by atoms with E-state index in [1.165, 1.54) is 0 Å². The summed E-state index contributed by atoms with van der Waals surface area (Å²) in [5.74, 6) is 2.71. The summed E-state index contributed by atoms with van der Waals surface area (Å²) in [5.41, 5.74) is 0.729. The highest BCUT2D eigenvalue weighted by Crippen LogP contribution is 2.30. The summed E-state index contributed by atoms with van der Waals surface area (Å²) in [6, 6.07) is 18.6. The molecule has 28 heavy (non-hydrogen) atoms. The van der Waals surface area contributed by atoms with Gasteiger partial charge in [-0.3, -0.25) is 0 Å². The predicted molar refractivity (Wildman–Crippen MR) is 109 cm³/mol. The Hall–Kier alpha value is -3.13. The number of aromatic nitrogens is 2. The van der Waals surface area contributed by atoms with Crippen LogP contribution in [0.5, 0.6) is 11.5 Å². The Kier molecular flexibility index (Phi) is 5.12. The molecular formula is C20H20N4O3S. The first-order chi connectivity index (χ1) is 13.6. The molecule has 1 aromatic heterocycles. The van der Waals surface area contributed by atoms with Gasteiger partial charge in [0.1, 0.15) is 11.6 Å². The van der Waals surface area contributed by atoms with E-state index in [2.05, 4.69) is 20.6 Å². The largest absolute Gasteiger partial charge is 0.455 e. The highest BCUT2D eigenvalue weighted by Gasteiger charge is 2.27. The lowest BCUT2D eigenvalue weighted by Crippen LogP contribution is -2.21. The minimum absolute atomic E-state index is 0.124. The average Bonchev–Trinajstić information content (AvgIpc) is 3.03. The van der Waals surface area contributed by atoms with Gasteiger partial charge in [-0.15, -0.1) is 0 Å². The Labute approximate surface area is 163 Å². The Morgan fingerprint density at radius 1 is 1.00 bits per heavy atom. The van der Waals surface area contributed by atoms with Gasteiger partial charge in [0, 0.05) is 12.2 Å². The van der Waals surface area contributed by atoms with Crippen molar-refractivity contribution in [2.24, 2.45) is 0 Å². The van der Waals surface area contributed by atoms with E-state index in [-0.39, 0.29) is 17.5 Å². The van der Waals surface area contributed by atoms with Crippen LogP contribution in [0.3, 0.4) is 0 Å². The number of sulfone groups is 1. The third-order valence-corrected chi connectivity index (χ3v) is 6.11. The number of hydrogen-bond donors (Lipinski definition) is 2. The van der Waals surface area contributed by atoms with Crippen LogP contribution in [0, 0.1) is 0 Å². The molecule has 1 atom stereocenters. The maximum atomic E-state index is 11.6. The lowest BCUT2D eigenvalue weighted by Gasteiger charge is -2.14. The molecule has 3 aromatic rings. The van der Waals surface area contributed by atoms with E-state index in [0.29, 0.717) is 23.9 Å². The number of hydrogen-bond acceptors (Lipinski definition) is 7. The number of nitrogens with zero attached hydrogens (tertiary/aromatic N) is 2. The molecule has 7 nitrogen and oxygen atoms in total. The molecule has 1 aliphatic rings. The average molecular weight is 396 g/mol. The quantitative estimate of drug-likeness (QED) is 0.657. The number of anilines is 3. The summed E-state index contributed by atoms with van der Waals surface area (Å²) < 4.78 is 29.2. The summed E-state index contributed by atoms with van der Waals surface area (Å²) in [6.07, 6.45) is 2.21. The first-order valence-electron chi connectivity index (χ1n) is 8.96. The second-order valence-electron chi connectivity index (χ2n) is 6.55. The molecule has 8 heteroatoms. The first kappa shape index (κ1) is 18.2. The van der Waals surface area contributed by atoms with Gasteiger partial charge < -0.3 is 15.4 Å². The van der Waals surface area contributed by atoms with Crippen molar-refractivity contribution < 1.29 is 13.2 Å². The fourth-order valence-electron chi connectivity index (χ4n) is 3.01. The summed E-state index contributed by atoms with van der Waals surface area (Å²) >= 11 is 0. The van der Waals surface area contributed by atoms with Gasteiger partial charge >= 0.3 is 0 Å². The second-order valence-corrected chi connectivity index (χ2v) is 8.77. The van der Waals surface area contributed by atoms with Crippen LogP contribution >= 0.6 is 0 Å². The van der Waals surface area contributed by atoms with E-state index < -0.39 is 9.84 Å². The third kappa shape index (κ3) is 4.58. The summed E-state index contributed by atoms with van der Waals surface area (Å²) in [7, 11) is -2.95. The van der Waals surface area contributed by atoms with Crippen molar-refractivity contribution >= 4 is 27.3 Å². The molecule has 1 saturated heterocycles. The molecule has 0 bridgehead atoms. The molecule has 4 rings (SSSR count). The van der Waals surface area contributed by atoms with Crippen LogP contribution in [0.15, 0.2) is 66.9 Å². The lowest BCUT2D eigenvalue weighted by molar-refractivity contribution is 0.485. The molecular weight excluding hydrogens is 376 g/mol. The molecule has 0 amide bonds. The van der Waals surface area contributed by atoms with Gasteiger partial charge in [0.05, 0.1) is 17.2 Å². The van der Waals surface area contributed by atoms with Gasteiger partial charge in [-0.05, 0) is 36.8 Å². The van der Waals surface area contributed by atoms with Crippen LogP contribution < -0.4 is 15.4 Å². The third-order valence-electron chi connectivity index (χ3n) is 4.34. The van der Waals surface area contributed by atoms with Crippen molar-refractivity contribution in [2.45, 2.75) is 12.5 Å². The van der Waals surface area contributed by atoms with Crippen LogP contribution in [0.25, 0.3) is 0 Å². The Morgan fingerprint density at radius 2 is 1.79 bits per heavy atom. The highest BCUT2D eigenvalue weighted by atomic mass is 32.2. The van der Waals surface area contributed by atoms with E-state index in [1.54, 1.807) is 12.3 Å². The summed E-state index contributed by atoms with van der Waals surface area (Å²) in [4.78, 5) is 8.69. The van der Waals surface area contributed by atoms with Crippen LogP contribution in [0.1, 0.15) is 6.42 Å². The van der Waals surface area contributed by atoms with E-state index in [9.17, 15) is 8.42 Å². The fourth-order valence-corrected chi connectivity index (χ4v) is 4.69. The second kappa shape index (κ2) is 7.85. The van der Waals surface area contributed by atoms with Gasteiger partial charge in [-0.1, -0.05) is 30.3 Å². The Balaban J connectivity index is 1.49. The van der Waals surface area contributed by atoms with Crippen molar-refractivity contribution in [3.8, 4) is 11.5 Å². The fraction of sp³-hybridized carbons (Fsp3) is 0.200. The summed E-state index contributed by atoms with van der Waals surface area (Å²) in [5, 5.41) is 6.34. The number of para-hydroxylation sites is 3. The van der Waals surface area contributed by atoms with Crippen molar-refractivity contribution in [1.82, 2.24) is 9.97 Å². The molecule has 1 fully saturated rings. The SMILES string of the molecule is O=S1(=O)CCC(Nc2ccnc(Nc3ccccc3Oc3ccccc3)n2)C1. The van der Waals surface area contributed by atoms with E-state index in [1.807, 2.05) is 54.6 Å². The van der Waals surface area contributed by atoms with Gasteiger partial charge in [0.25, 0.3) is 0 Å². The van der Waals surface area contributed by atoms with Crippen LogP contribution in [0.2, 0.25) is 0 Å². The molecule has 2 heterocycles. The van der Waals surface area contributed by atoms with Crippen LogP contribution in [-0.2, 0) is 9.84 Å². The highest BCUT2D eigenvalue weighted by molar-refractivity contribution is 7.91. The Bertz CT molecular complexity index is 1060. The van der Waals surface area contributed by atoms with Crippen LogP contribution in [-0.4, -0.2) is 35.9 Å². The minimum Gasteiger partial charge on any atom is -0.455 e. The maximum absolute atomic E-state index is 11.6. The van der Waals surface area contributed by atoms with E-state index in [0.717, 1.165) is 11.4 Å². The van der Waals surface area contributed by atoms with Gasteiger partial charge in [0.2, 0.25) is 5.95 Å². The van der Waals surface area contributed by atoms with Crippen molar-refractivity contribution in [1.29, 1.82) is 0 Å². The van der Waals surface area contributed by atoms with E-state index in [4.69, 9.17) is 4.74 Å². The number of benzene rings is 2. The van der Waals surface area contributed by atoms with Gasteiger partial charge in [-0.2, -0.15) is 4.98 Å². The van der Waals surface area contributed by atoms with Crippen LogP contribution in [0.4, 0.5) is 17.5 Å². The number of rotatable bonds is 6. The van der Waals surface area contributed by atoms with E-state index >= 15 is 0 Å². The lowest BCUT2D eigenvalue weighted by atomic mass is 10.2. The molecule has 0 radical (unpaired) electrons. The molecule has 144 valence electrons. The molecule has 1 unspecified atom stereocenters. The van der Waals surface area contributed by atoms with Crippen molar-refractivity contribution in [3.63, 3.8) is 0 Å². The normalized spacial score (nSPS) is 17.8. The summed E-state index contributed by atoms with van der Waals surface area (Å²) in [6.45, 7) is 0. The zero-order chi connectivity index (χ0) is 19.4. The number of ether oxygens (including phenoxy) is 1. The minimum atomic E-state index is -2.95. The van der Waals surface area contributed by atoms with Gasteiger partial charge in [-0.25, -0.2) is 13.4 Å². The molecule has 0 spiro atoms. The molecule has 1 aliphatic heterocycles. The van der Waals surface area contributed by atoms with Crippen molar-refractivity contribution in [2.75, 3.05) is 22.1 Å². The molecule has 0 saturated carbocycles. The Morgan fingerprint density at radius 3 is 2.57 bits per heavy atom. The zero-order valence-electron chi connectivity index (χ0n) is 15.1. The van der Waals surface area contributed by atoms with Crippen molar-refractivity contribution in [3.05, 3.63) is 66.9 Å². The van der Waals surface area contributed by atoms with Gasteiger partial charge in [0.15, 0.2) is 15.6 Å². The number of nitrogens with one attached hydrogen (secondary N) is 2. The smallest absolute Gasteiger partial charge is 0.229 e. The standard InChI is InChI=1S/C20H20N4O3S/c25-28(26)13-11-15(14-28)22-19-10-12-21-20(24-19)23-17-8-4-5-9-18(17)27-16-6-2-1-3-7-16/h1-10,12,15H,11,13-14H2,(H2,21,22,23,24). The molecule has 2 N–H and O–H groups in total. The predicted octanol–water partition coefficient (Wildman–Crippen LogP) is 3.61. The zero-order valence-corrected chi connectivity index (χ0v) is 15.9. The molecule has 0 aliphatic carbocycles.